The molecule has 1 saturated carbocycles. The quantitative estimate of drug-likeness (QED) is 0.928. The molecule has 1 aliphatic rings. The molecule has 2 rings (SSSR count). The van der Waals surface area contributed by atoms with Crippen LogP contribution < -0.4 is 5.73 Å². The first kappa shape index (κ1) is 16.4. The van der Waals surface area contributed by atoms with Crippen molar-refractivity contribution in [2.24, 2.45) is 11.7 Å². The highest BCUT2D eigenvalue weighted by molar-refractivity contribution is 7.89. The maximum Gasteiger partial charge on any atom is 0.243 e. The number of hydrogen-bond donors (Lipinski definition) is 1. The Morgan fingerprint density at radius 1 is 1.38 bits per heavy atom. The molecule has 1 aromatic carbocycles. The fraction of sp³-hybridized carbons (Fsp3) is 0.600. The van der Waals surface area contributed by atoms with Crippen molar-refractivity contribution in [3.05, 3.63) is 29.6 Å². The van der Waals surface area contributed by atoms with Crippen LogP contribution in [0.1, 0.15) is 38.2 Å². The van der Waals surface area contributed by atoms with E-state index < -0.39 is 15.8 Å². The Balaban J connectivity index is 2.35. The van der Waals surface area contributed by atoms with E-state index in [1.54, 1.807) is 7.05 Å². The third kappa shape index (κ3) is 3.27. The van der Waals surface area contributed by atoms with E-state index in [2.05, 4.69) is 6.92 Å². The zero-order chi connectivity index (χ0) is 15.6. The van der Waals surface area contributed by atoms with Gasteiger partial charge in [0.05, 0.1) is 4.90 Å². The Bertz CT molecular complexity index is 604. The lowest BCUT2D eigenvalue weighted by atomic mass is 9.87. The number of sulfonamides is 1. The van der Waals surface area contributed by atoms with Crippen LogP contribution in [0.4, 0.5) is 4.39 Å². The van der Waals surface area contributed by atoms with Gasteiger partial charge in [-0.1, -0.05) is 25.8 Å². The summed E-state index contributed by atoms with van der Waals surface area (Å²) >= 11 is 0. The Morgan fingerprint density at radius 3 is 2.71 bits per heavy atom. The summed E-state index contributed by atoms with van der Waals surface area (Å²) in [4.78, 5) is -0.00859. The molecular formula is C15H23FN2O2S. The Labute approximate surface area is 126 Å². The molecular weight excluding hydrogens is 291 g/mol. The summed E-state index contributed by atoms with van der Waals surface area (Å²) in [5, 5.41) is 0. The molecule has 0 heterocycles. The van der Waals surface area contributed by atoms with Gasteiger partial charge >= 0.3 is 0 Å². The van der Waals surface area contributed by atoms with Crippen LogP contribution >= 0.6 is 0 Å². The second-order valence-corrected chi connectivity index (χ2v) is 7.83. The van der Waals surface area contributed by atoms with Gasteiger partial charge in [-0.3, -0.25) is 0 Å². The smallest absolute Gasteiger partial charge is 0.243 e. The van der Waals surface area contributed by atoms with Crippen molar-refractivity contribution in [3.8, 4) is 0 Å². The van der Waals surface area contributed by atoms with Gasteiger partial charge in [-0.2, -0.15) is 4.31 Å². The van der Waals surface area contributed by atoms with Gasteiger partial charge in [-0.25, -0.2) is 12.8 Å². The average Bonchev–Trinajstić information content (AvgIpc) is 2.46. The predicted octanol–water partition coefficient (Wildman–Crippen LogP) is 2.48. The molecule has 4 nitrogen and oxygen atoms in total. The maximum absolute atomic E-state index is 13.8. The molecule has 0 spiro atoms. The number of hydrogen-bond acceptors (Lipinski definition) is 3. The molecule has 2 N–H and O–H groups in total. The molecule has 0 amide bonds. The van der Waals surface area contributed by atoms with Crippen molar-refractivity contribution in [3.63, 3.8) is 0 Å². The Kier molecular flexibility index (Phi) is 5.01. The van der Waals surface area contributed by atoms with Gasteiger partial charge in [0, 0.05) is 25.2 Å². The van der Waals surface area contributed by atoms with Crippen molar-refractivity contribution < 1.29 is 12.8 Å². The Morgan fingerprint density at radius 2 is 2.10 bits per heavy atom. The first-order valence-corrected chi connectivity index (χ1v) is 8.77. The molecule has 2 atom stereocenters. The predicted molar refractivity (Wildman–Crippen MR) is 80.7 cm³/mol. The van der Waals surface area contributed by atoms with Gasteiger partial charge in [-0.05, 0) is 30.9 Å². The van der Waals surface area contributed by atoms with E-state index in [-0.39, 0.29) is 23.0 Å². The summed E-state index contributed by atoms with van der Waals surface area (Å²) in [6.07, 6.45) is 3.87. The number of benzene rings is 1. The van der Waals surface area contributed by atoms with Crippen LogP contribution in [0.2, 0.25) is 0 Å². The SMILES string of the molecule is CC1CCCC(N(C)S(=O)(=O)c2cccc(F)c2CN)C1. The molecule has 1 fully saturated rings. The molecule has 0 saturated heterocycles. The zero-order valence-electron chi connectivity index (χ0n) is 12.5. The van der Waals surface area contributed by atoms with Crippen LogP contribution in [0.3, 0.4) is 0 Å². The lowest BCUT2D eigenvalue weighted by molar-refractivity contribution is 0.239. The molecule has 0 bridgehead atoms. The second kappa shape index (κ2) is 6.42. The average molecular weight is 314 g/mol. The first-order valence-electron chi connectivity index (χ1n) is 7.33. The largest absolute Gasteiger partial charge is 0.326 e. The van der Waals surface area contributed by atoms with E-state index in [4.69, 9.17) is 5.73 Å². The molecule has 21 heavy (non-hydrogen) atoms. The van der Waals surface area contributed by atoms with Gasteiger partial charge in [0.2, 0.25) is 10.0 Å². The molecule has 118 valence electrons. The molecule has 1 aliphatic carbocycles. The number of nitrogens with zero attached hydrogens (tertiary/aromatic N) is 1. The summed E-state index contributed by atoms with van der Waals surface area (Å²) in [5.74, 6) is -0.0492. The molecule has 0 radical (unpaired) electrons. The summed E-state index contributed by atoms with van der Waals surface area (Å²) in [7, 11) is -2.13. The number of nitrogens with two attached hydrogens (primary N) is 1. The van der Waals surface area contributed by atoms with Crippen LogP contribution in [0.5, 0.6) is 0 Å². The minimum atomic E-state index is -3.71. The fourth-order valence-electron chi connectivity index (χ4n) is 3.06. The van der Waals surface area contributed by atoms with Crippen LogP contribution in [0.15, 0.2) is 23.1 Å². The normalized spacial score (nSPS) is 23.5. The minimum absolute atomic E-state index is 0.00859. The first-order chi connectivity index (χ1) is 9.87. The Hall–Kier alpha value is -0.980. The molecule has 6 heteroatoms. The van der Waals surface area contributed by atoms with Gasteiger partial charge in [0.25, 0.3) is 0 Å². The van der Waals surface area contributed by atoms with Crippen LogP contribution in [0.25, 0.3) is 0 Å². The third-order valence-corrected chi connectivity index (χ3v) is 6.35. The lowest BCUT2D eigenvalue weighted by Gasteiger charge is -2.33. The van der Waals surface area contributed by atoms with E-state index >= 15 is 0 Å². The van der Waals surface area contributed by atoms with Gasteiger partial charge < -0.3 is 5.73 Å². The van der Waals surface area contributed by atoms with E-state index in [1.807, 2.05) is 0 Å². The highest BCUT2D eigenvalue weighted by atomic mass is 32.2. The van der Waals surface area contributed by atoms with Crippen molar-refractivity contribution in [2.45, 2.75) is 50.1 Å². The van der Waals surface area contributed by atoms with Crippen LogP contribution in [0, 0.1) is 11.7 Å². The highest BCUT2D eigenvalue weighted by Gasteiger charge is 2.32. The number of halogens is 1. The van der Waals surface area contributed by atoms with Gasteiger partial charge in [-0.15, -0.1) is 0 Å². The summed E-state index contributed by atoms with van der Waals surface area (Å²) in [6.45, 7) is 2.01. The summed E-state index contributed by atoms with van der Waals surface area (Å²) in [5.41, 5.74) is 5.59. The highest BCUT2D eigenvalue weighted by Crippen LogP contribution is 2.31. The number of rotatable bonds is 4. The van der Waals surface area contributed by atoms with E-state index in [0.29, 0.717) is 5.92 Å². The lowest BCUT2D eigenvalue weighted by Crippen LogP contribution is -2.40. The molecule has 0 aromatic heterocycles. The van der Waals surface area contributed by atoms with Crippen LogP contribution in [-0.4, -0.2) is 25.8 Å². The van der Waals surface area contributed by atoms with E-state index in [0.717, 1.165) is 25.7 Å². The fourth-order valence-corrected chi connectivity index (χ4v) is 4.70. The zero-order valence-corrected chi connectivity index (χ0v) is 13.4. The van der Waals surface area contributed by atoms with E-state index in [9.17, 15) is 12.8 Å². The molecule has 0 aliphatic heterocycles. The van der Waals surface area contributed by atoms with Gasteiger partial charge in [0.1, 0.15) is 5.82 Å². The standard InChI is InChI=1S/C15H23FN2O2S/c1-11-5-3-6-12(9-11)18(2)21(19,20)15-8-4-7-14(16)13(15)10-17/h4,7-8,11-12H,3,5-6,9-10,17H2,1-2H3. The van der Waals surface area contributed by atoms with Crippen LogP contribution in [-0.2, 0) is 16.6 Å². The molecule has 1 aromatic rings. The summed E-state index contributed by atoms with van der Waals surface area (Å²) in [6, 6.07) is 4.07. The monoisotopic (exact) mass is 314 g/mol. The van der Waals surface area contributed by atoms with Crippen molar-refractivity contribution in [1.82, 2.24) is 4.31 Å². The second-order valence-electron chi connectivity index (χ2n) is 5.87. The van der Waals surface area contributed by atoms with E-state index in [1.165, 1.54) is 22.5 Å². The topological polar surface area (TPSA) is 63.4 Å². The van der Waals surface area contributed by atoms with Crippen molar-refractivity contribution in [2.75, 3.05) is 7.05 Å². The third-order valence-electron chi connectivity index (χ3n) is 4.36. The molecule has 2 unspecified atom stereocenters. The van der Waals surface area contributed by atoms with Gasteiger partial charge in [0.15, 0.2) is 0 Å². The minimum Gasteiger partial charge on any atom is -0.326 e. The van der Waals surface area contributed by atoms with Crippen molar-refractivity contribution in [1.29, 1.82) is 0 Å². The van der Waals surface area contributed by atoms with Crippen molar-refractivity contribution >= 4 is 10.0 Å². The summed E-state index contributed by atoms with van der Waals surface area (Å²) < 4.78 is 40.7. The maximum atomic E-state index is 13.8.